The molecule has 1 heterocycles. The van der Waals surface area contributed by atoms with Gasteiger partial charge in [-0.1, -0.05) is 23.7 Å². The molecule has 2 rings (SSSR count). The molecule has 2 aromatic rings. The second-order valence-electron chi connectivity index (χ2n) is 4.86. The molecule has 1 unspecified atom stereocenters. The van der Waals surface area contributed by atoms with Crippen molar-refractivity contribution in [2.24, 2.45) is 0 Å². The van der Waals surface area contributed by atoms with Crippen LogP contribution in [0.2, 0.25) is 5.02 Å². The third-order valence-electron chi connectivity index (χ3n) is 3.18. The van der Waals surface area contributed by atoms with E-state index in [1.165, 1.54) is 5.56 Å². The molecule has 5 nitrogen and oxygen atoms in total. The summed E-state index contributed by atoms with van der Waals surface area (Å²) in [4.78, 5) is 10.4. The number of ether oxygens (including phenoxy) is 1. The van der Waals surface area contributed by atoms with Crippen LogP contribution >= 0.6 is 11.6 Å². The molecule has 0 aliphatic carbocycles. The van der Waals surface area contributed by atoms with E-state index >= 15 is 0 Å². The molecule has 1 atom stereocenters. The molecule has 0 spiro atoms. The normalized spacial score (nSPS) is 12.2. The smallest absolute Gasteiger partial charge is 0.222 e. The zero-order chi connectivity index (χ0) is 15.2. The first-order chi connectivity index (χ1) is 10.1. The van der Waals surface area contributed by atoms with Gasteiger partial charge in [0.25, 0.3) is 0 Å². The molecule has 112 valence electrons. The summed E-state index contributed by atoms with van der Waals surface area (Å²) in [5.41, 5.74) is 1.17. The Morgan fingerprint density at radius 2 is 2.00 bits per heavy atom. The third-order valence-corrected chi connectivity index (χ3v) is 3.37. The lowest BCUT2D eigenvalue weighted by atomic mass is 10.1. The van der Waals surface area contributed by atoms with Gasteiger partial charge < -0.3 is 15.0 Å². The van der Waals surface area contributed by atoms with Crippen LogP contribution in [0, 0.1) is 0 Å². The van der Waals surface area contributed by atoms with E-state index in [0.717, 1.165) is 5.75 Å². The summed E-state index contributed by atoms with van der Waals surface area (Å²) in [6, 6.07) is 8.22. The Morgan fingerprint density at radius 3 is 2.62 bits per heavy atom. The van der Waals surface area contributed by atoms with Crippen molar-refractivity contribution in [1.29, 1.82) is 0 Å². The number of nitrogens with one attached hydrogen (secondary N) is 1. The van der Waals surface area contributed by atoms with Crippen LogP contribution in [0.15, 0.2) is 36.7 Å². The fourth-order valence-corrected chi connectivity index (χ4v) is 2.14. The number of anilines is 1. The lowest BCUT2D eigenvalue weighted by molar-refractivity contribution is 0.310. The topological polar surface area (TPSA) is 50.3 Å². The standard InChI is InChI=1S/C15H19ClN4O/c1-20(2)14(11-5-4-6-13(7-11)21-3)10-19-15-17-8-12(16)9-18-15/h4-9,14H,10H2,1-3H3,(H,17,18,19). The molecule has 0 aliphatic heterocycles. The lowest BCUT2D eigenvalue weighted by Gasteiger charge is -2.25. The van der Waals surface area contributed by atoms with Crippen molar-refractivity contribution in [2.75, 3.05) is 33.1 Å². The number of halogens is 1. The summed E-state index contributed by atoms with van der Waals surface area (Å²) >= 11 is 5.78. The summed E-state index contributed by atoms with van der Waals surface area (Å²) in [7, 11) is 5.74. The zero-order valence-electron chi connectivity index (χ0n) is 12.4. The maximum atomic E-state index is 5.78. The van der Waals surface area contributed by atoms with Crippen molar-refractivity contribution in [2.45, 2.75) is 6.04 Å². The molecule has 1 N–H and O–H groups in total. The fraction of sp³-hybridized carbons (Fsp3) is 0.333. The number of likely N-dealkylation sites (N-methyl/N-ethyl adjacent to an activating group) is 1. The second-order valence-corrected chi connectivity index (χ2v) is 5.30. The van der Waals surface area contributed by atoms with E-state index in [1.807, 2.05) is 32.3 Å². The molecular formula is C15H19ClN4O. The molecular weight excluding hydrogens is 288 g/mol. The number of hydrogen-bond acceptors (Lipinski definition) is 5. The maximum absolute atomic E-state index is 5.78. The molecule has 0 saturated heterocycles. The molecule has 1 aromatic heterocycles. The first kappa shape index (κ1) is 15.5. The Kier molecular flexibility index (Phi) is 5.36. The number of aromatic nitrogens is 2. The van der Waals surface area contributed by atoms with Gasteiger partial charge in [-0.2, -0.15) is 0 Å². The first-order valence-corrected chi connectivity index (χ1v) is 6.99. The van der Waals surface area contributed by atoms with Crippen molar-refractivity contribution in [3.8, 4) is 5.75 Å². The monoisotopic (exact) mass is 306 g/mol. The quantitative estimate of drug-likeness (QED) is 0.889. The number of methoxy groups -OCH3 is 1. The minimum atomic E-state index is 0.180. The number of nitrogens with zero attached hydrogens (tertiary/aromatic N) is 3. The van der Waals surface area contributed by atoms with E-state index in [-0.39, 0.29) is 6.04 Å². The predicted octanol–water partition coefficient (Wildman–Crippen LogP) is 2.85. The Labute approximate surface area is 129 Å². The average molecular weight is 307 g/mol. The molecule has 0 bridgehead atoms. The van der Waals surface area contributed by atoms with Crippen LogP contribution in [-0.2, 0) is 0 Å². The van der Waals surface area contributed by atoms with Gasteiger partial charge in [0.2, 0.25) is 5.95 Å². The van der Waals surface area contributed by atoms with Gasteiger partial charge in [0.1, 0.15) is 5.75 Å². The highest BCUT2D eigenvalue weighted by molar-refractivity contribution is 6.30. The van der Waals surface area contributed by atoms with Gasteiger partial charge in [-0.3, -0.25) is 0 Å². The molecule has 0 fully saturated rings. The maximum Gasteiger partial charge on any atom is 0.222 e. The van der Waals surface area contributed by atoms with Crippen LogP contribution < -0.4 is 10.1 Å². The van der Waals surface area contributed by atoms with Gasteiger partial charge in [0.05, 0.1) is 30.6 Å². The molecule has 0 aliphatic rings. The van der Waals surface area contributed by atoms with Gasteiger partial charge >= 0.3 is 0 Å². The minimum absolute atomic E-state index is 0.180. The SMILES string of the molecule is COc1cccc(C(CNc2ncc(Cl)cn2)N(C)C)c1. The van der Waals surface area contributed by atoms with Crippen molar-refractivity contribution in [3.63, 3.8) is 0 Å². The van der Waals surface area contributed by atoms with Crippen LogP contribution in [0.5, 0.6) is 5.75 Å². The van der Waals surface area contributed by atoms with E-state index in [0.29, 0.717) is 17.5 Å². The zero-order valence-corrected chi connectivity index (χ0v) is 13.1. The molecule has 0 saturated carbocycles. The first-order valence-electron chi connectivity index (χ1n) is 6.62. The summed E-state index contributed by atoms with van der Waals surface area (Å²) < 4.78 is 5.28. The lowest BCUT2D eigenvalue weighted by Crippen LogP contribution is -2.27. The van der Waals surface area contributed by atoms with Crippen molar-refractivity contribution >= 4 is 17.5 Å². The fourth-order valence-electron chi connectivity index (χ4n) is 2.04. The van der Waals surface area contributed by atoms with E-state index in [1.54, 1.807) is 19.5 Å². The molecule has 21 heavy (non-hydrogen) atoms. The number of rotatable bonds is 6. The highest BCUT2D eigenvalue weighted by Gasteiger charge is 2.15. The Balaban J connectivity index is 2.10. The molecule has 6 heteroatoms. The van der Waals surface area contributed by atoms with Crippen LogP contribution in [0.1, 0.15) is 11.6 Å². The Morgan fingerprint density at radius 1 is 1.29 bits per heavy atom. The number of benzene rings is 1. The molecule has 1 aromatic carbocycles. The predicted molar refractivity (Wildman–Crippen MR) is 85.0 cm³/mol. The van der Waals surface area contributed by atoms with Crippen LogP contribution in [0.4, 0.5) is 5.95 Å². The number of hydrogen-bond donors (Lipinski definition) is 1. The highest BCUT2D eigenvalue weighted by Crippen LogP contribution is 2.22. The van der Waals surface area contributed by atoms with Crippen LogP contribution in [0.25, 0.3) is 0 Å². The van der Waals surface area contributed by atoms with Crippen molar-refractivity contribution in [1.82, 2.24) is 14.9 Å². The Bertz CT molecular complexity index is 574. The van der Waals surface area contributed by atoms with Gasteiger partial charge in [0.15, 0.2) is 0 Å². The van der Waals surface area contributed by atoms with Gasteiger partial charge in [-0.15, -0.1) is 0 Å². The average Bonchev–Trinajstić information content (AvgIpc) is 2.49. The molecule has 0 radical (unpaired) electrons. The van der Waals surface area contributed by atoms with E-state index in [9.17, 15) is 0 Å². The minimum Gasteiger partial charge on any atom is -0.497 e. The second kappa shape index (κ2) is 7.24. The summed E-state index contributed by atoms with van der Waals surface area (Å²) in [6.45, 7) is 0.682. The van der Waals surface area contributed by atoms with E-state index < -0.39 is 0 Å². The van der Waals surface area contributed by atoms with Gasteiger partial charge in [0, 0.05) is 6.54 Å². The van der Waals surface area contributed by atoms with Crippen molar-refractivity contribution in [3.05, 3.63) is 47.2 Å². The highest BCUT2D eigenvalue weighted by atomic mass is 35.5. The van der Waals surface area contributed by atoms with Crippen molar-refractivity contribution < 1.29 is 4.74 Å². The van der Waals surface area contributed by atoms with Crippen LogP contribution in [-0.4, -0.2) is 42.6 Å². The summed E-state index contributed by atoms with van der Waals surface area (Å²) in [5, 5.41) is 3.75. The summed E-state index contributed by atoms with van der Waals surface area (Å²) in [6.07, 6.45) is 3.15. The van der Waals surface area contributed by atoms with Gasteiger partial charge in [-0.05, 0) is 31.8 Å². The van der Waals surface area contributed by atoms with E-state index in [4.69, 9.17) is 16.3 Å². The van der Waals surface area contributed by atoms with Gasteiger partial charge in [-0.25, -0.2) is 9.97 Å². The summed E-state index contributed by atoms with van der Waals surface area (Å²) in [5.74, 6) is 1.41. The largest absolute Gasteiger partial charge is 0.497 e. The van der Waals surface area contributed by atoms with Crippen LogP contribution in [0.3, 0.4) is 0 Å². The van der Waals surface area contributed by atoms with E-state index in [2.05, 4.69) is 26.3 Å². The Hall–Kier alpha value is -1.85. The molecule has 0 amide bonds. The third kappa shape index (κ3) is 4.31.